The van der Waals surface area contributed by atoms with Crippen molar-refractivity contribution in [2.75, 3.05) is 13.2 Å². The lowest BCUT2D eigenvalue weighted by Gasteiger charge is -2.38. The summed E-state index contributed by atoms with van der Waals surface area (Å²) in [6.45, 7) is 6.44. The Morgan fingerprint density at radius 2 is 1.97 bits per heavy atom. The summed E-state index contributed by atoms with van der Waals surface area (Å²) in [7, 11) is 0. The normalized spacial score (nSPS) is 22.9. The molecule has 1 heterocycles. The molecule has 0 aromatic heterocycles. The van der Waals surface area contributed by atoms with E-state index in [0.29, 0.717) is 18.0 Å². The maximum Gasteiger partial charge on any atom is 0.416 e. The third-order valence-electron chi connectivity index (χ3n) is 6.07. The molecule has 2 unspecified atom stereocenters. The molecule has 4 rings (SSSR count). The van der Waals surface area contributed by atoms with Crippen molar-refractivity contribution in [3.05, 3.63) is 71.8 Å². The van der Waals surface area contributed by atoms with Gasteiger partial charge in [-0.1, -0.05) is 49.9 Å². The quantitative estimate of drug-likeness (QED) is 0.575. The highest BCUT2D eigenvalue weighted by Gasteiger charge is 2.47. The van der Waals surface area contributed by atoms with Crippen LogP contribution in [0.3, 0.4) is 0 Å². The first-order valence-electron chi connectivity index (χ1n) is 9.67. The molecule has 0 saturated carbocycles. The largest absolute Gasteiger partial charge is 0.445 e. The van der Waals surface area contributed by atoms with Crippen LogP contribution < -0.4 is 0 Å². The highest BCUT2D eigenvalue weighted by molar-refractivity contribution is 5.75. The summed E-state index contributed by atoms with van der Waals surface area (Å²) in [4.78, 5) is 14.4. The van der Waals surface area contributed by atoms with E-state index in [1.165, 1.54) is 23.8 Å². The monoisotopic (exact) mass is 401 g/mol. The van der Waals surface area contributed by atoms with Gasteiger partial charge in [-0.3, -0.25) is 0 Å². The number of alkyl halides is 3. The van der Waals surface area contributed by atoms with Crippen LogP contribution in [0, 0.1) is 5.92 Å². The van der Waals surface area contributed by atoms with Gasteiger partial charge in [-0.15, -0.1) is 0 Å². The van der Waals surface area contributed by atoms with Gasteiger partial charge in [0.1, 0.15) is 6.61 Å². The summed E-state index contributed by atoms with van der Waals surface area (Å²) in [5.74, 6) is 0.540. The molecule has 0 spiro atoms. The first-order chi connectivity index (χ1) is 13.8. The van der Waals surface area contributed by atoms with E-state index in [2.05, 4.69) is 19.6 Å². The first kappa shape index (κ1) is 19.6. The van der Waals surface area contributed by atoms with Gasteiger partial charge in [-0.05, 0) is 52.6 Å². The Morgan fingerprint density at radius 3 is 2.62 bits per heavy atom. The van der Waals surface area contributed by atoms with Crippen LogP contribution in [0.4, 0.5) is 18.0 Å². The molecule has 29 heavy (non-hydrogen) atoms. The fraction of sp³-hybridized carbons (Fsp3) is 0.348. The molecule has 2 aliphatic rings. The molecule has 152 valence electrons. The van der Waals surface area contributed by atoms with Crippen LogP contribution in [0.15, 0.2) is 55.1 Å². The second-order valence-corrected chi connectivity index (χ2v) is 7.64. The summed E-state index contributed by atoms with van der Waals surface area (Å²) in [5, 5.41) is 0. The van der Waals surface area contributed by atoms with E-state index in [1.807, 2.05) is 12.1 Å². The number of rotatable bonds is 3. The number of halogens is 3. The minimum Gasteiger partial charge on any atom is -0.445 e. The molecule has 1 amide bonds. The van der Waals surface area contributed by atoms with Crippen LogP contribution >= 0.6 is 0 Å². The van der Waals surface area contributed by atoms with Gasteiger partial charge in [0, 0.05) is 6.54 Å². The SMILES string of the molecule is C=CCOC(=O)N1CCC2c3cccc(-c4ccc(C(F)(F)F)cc4)c3C1[C@H]2C. The topological polar surface area (TPSA) is 29.5 Å². The van der Waals surface area contributed by atoms with Crippen molar-refractivity contribution in [2.45, 2.75) is 31.5 Å². The van der Waals surface area contributed by atoms with Gasteiger partial charge in [0.2, 0.25) is 0 Å². The Bertz CT molecular complexity index is 936. The van der Waals surface area contributed by atoms with Crippen LogP contribution in [0.1, 0.15) is 42.0 Å². The average molecular weight is 401 g/mol. The molecule has 2 aromatic rings. The van der Waals surface area contributed by atoms with Gasteiger partial charge in [0.25, 0.3) is 0 Å². The van der Waals surface area contributed by atoms with Gasteiger partial charge in [0.05, 0.1) is 11.6 Å². The van der Waals surface area contributed by atoms with Crippen LogP contribution in [-0.4, -0.2) is 24.1 Å². The zero-order valence-corrected chi connectivity index (χ0v) is 16.1. The molecule has 6 heteroatoms. The van der Waals surface area contributed by atoms with E-state index in [-0.39, 0.29) is 24.7 Å². The summed E-state index contributed by atoms with van der Waals surface area (Å²) >= 11 is 0. The van der Waals surface area contributed by atoms with Crippen molar-refractivity contribution in [3.63, 3.8) is 0 Å². The van der Waals surface area contributed by atoms with Crippen LogP contribution in [0.2, 0.25) is 0 Å². The molecule has 2 bridgehead atoms. The molecule has 1 saturated heterocycles. The number of fused-ring (bicyclic) bond motifs is 5. The molecule has 1 aliphatic heterocycles. The average Bonchev–Trinajstić information content (AvgIpc) is 2.86. The summed E-state index contributed by atoms with van der Waals surface area (Å²) in [5.41, 5.74) is 3.13. The van der Waals surface area contributed by atoms with E-state index in [1.54, 1.807) is 4.90 Å². The number of carbonyl (C=O) groups is 1. The fourth-order valence-electron chi connectivity index (χ4n) is 4.79. The van der Waals surface area contributed by atoms with Gasteiger partial charge in [0.15, 0.2) is 0 Å². The third-order valence-corrected chi connectivity index (χ3v) is 6.07. The summed E-state index contributed by atoms with van der Waals surface area (Å²) in [6, 6.07) is 11.0. The maximum absolute atomic E-state index is 12.9. The van der Waals surface area contributed by atoms with Crippen molar-refractivity contribution in [3.8, 4) is 11.1 Å². The second kappa shape index (κ2) is 7.25. The third kappa shape index (κ3) is 3.30. The first-order valence-corrected chi connectivity index (χ1v) is 9.67. The maximum atomic E-state index is 12.9. The number of hydrogen-bond acceptors (Lipinski definition) is 2. The highest BCUT2D eigenvalue weighted by Crippen LogP contribution is 2.55. The van der Waals surface area contributed by atoms with E-state index in [0.717, 1.165) is 29.7 Å². The van der Waals surface area contributed by atoms with Gasteiger partial charge >= 0.3 is 12.3 Å². The number of nitrogens with zero attached hydrogens (tertiary/aromatic N) is 1. The highest BCUT2D eigenvalue weighted by atomic mass is 19.4. The lowest BCUT2D eigenvalue weighted by atomic mass is 9.86. The zero-order chi connectivity index (χ0) is 20.8. The number of ether oxygens (including phenoxy) is 1. The number of amides is 1. The van der Waals surface area contributed by atoms with Crippen molar-refractivity contribution in [2.24, 2.45) is 5.92 Å². The van der Waals surface area contributed by atoms with Crippen molar-refractivity contribution >= 4 is 6.09 Å². The van der Waals surface area contributed by atoms with Gasteiger partial charge in [-0.2, -0.15) is 13.2 Å². The second-order valence-electron chi connectivity index (χ2n) is 7.64. The molecule has 3 atom stereocenters. The molecule has 2 aromatic carbocycles. The predicted octanol–water partition coefficient (Wildman–Crippen LogP) is 6.18. The van der Waals surface area contributed by atoms with Gasteiger partial charge < -0.3 is 9.64 Å². The zero-order valence-electron chi connectivity index (χ0n) is 16.1. The smallest absolute Gasteiger partial charge is 0.416 e. The Hall–Kier alpha value is -2.76. The Kier molecular flexibility index (Phi) is 4.89. The number of piperidine rings is 1. The Labute approximate surface area is 167 Å². The summed E-state index contributed by atoms with van der Waals surface area (Å²) in [6.07, 6.45) is -2.38. The fourth-order valence-corrected chi connectivity index (χ4v) is 4.79. The van der Waals surface area contributed by atoms with E-state index >= 15 is 0 Å². The van der Waals surface area contributed by atoms with Crippen LogP contribution in [-0.2, 0) is 10.9 Å². The number of likely N-dealkylation sites (tertiary alicyclic amines) is 1. The summed E-state index contributed by atoms with van der Waals surface area (Å²) < 4.78 is 44.1. The lowest BCUT2D eigenvalue weighted by molar-refractivity contribution is -0.137. The molecular formula is C23H22F3NO2. The molecule has 3 nitrogen and oxygen atoms in total. The minimum atomic E-state index is -4.37. The Balaban J connectivity index is 1.76. The molecule has 0 N–H and O–H groups in total. The molecule has 1 fully saturated rings. The van der Waals surface area contributed by atoms with E-state index < -0.39 is 11.7 Å². The lowest BCUT2D eigenvalue weighted by Crippen LogP contribution is -2.41. The minimum absolute atomic E-state index is 0.146. The predicted molar refractivity (Wildman–Crippen MR) is 104 cm³/mol. The molecule has 0 radical (unpaired) electrons. The van der Waals surface area contributed by atoms with Crippen molar-refractivity contribution in [1.29, 1.82) is 0 Å². The number of benzene rings is 2. The molecule has 1 aliphatic carbocycles. The molecular weight excluding hydrogens is 379 g/mol. The van der Waals surface area contributed by atoms with Crippen LogP contribution in [0.25, 0.3) is 11.1 Å². The van der Waals surface area contributed by atoms with Crippen molar-refractivity contribution < 1.29 is 22.7 Å². The standard InChI is InChI=1S/C23H22F3NO2/c1-3-13-29-22(28)27-12-11-17-14(2)21(27)20-18(5-4-6-19(17)20)15-7-9-16(10-8-15)23(24,25)26/h3-10,14,17,21H,1,11-13H2,2H3/t14-,17?,21?/m0/s1. The van der Waals surface area contributed by atoms with Crippen molar-refractivity contribution in [1.82, 2.24) is 4.90 Å². The van der Waals surface area contributed by atoms with E-state index in [4.69, 9.17) is 4.74 Å². The number of hydrogen-bond donors (Lipinski definition) is 0. The van der Waals surface area contributed by atoms with Crippen LogP contribution in [0.5, 0.6) is 0 Å². The Morgan fingerprint density at radius 1 is 1.24 bits per heavy atom. The van der Waals surface area contributed by atoms with Gasteiger partial charge in [-0.25, -0.2) is 4.79 Å². The van der Waals surface area contributed by atoms with E-state index in [9.17, 15) is 18.0 Å². The number of carbonyl (C=O) groups excluding carboxylic acids is 1.